The van der Waals surface area contributed by atoms with Crippen molar-refractivity contribution in [3.8, 4) is 5.69 Å². The molecule has 0 spiro atoms. The molecule has 27 heavy (non-hydrogen) atoms. The highest BCUT2D eigenvalue weighted by Gasteiger charge is 2.36. The number of para-hydroxylation sites is 1. The van der Waals surface area contributed by atoms with E-state index in [0.717, 1.165) is 36.5 Å². The largest absolute Gasteiger partial charge is 0.419 e. The van der Waals surface area contributed by atoms with Crippen LogP contribution in [-0.2, 0) is 12.4 Å². The van der Waals surface area contributed by atoms with Gasteiger partial charge in [0.1, 0.15) is 5.03 Å². The van der Waals surface area contributed by atoms with Gasteiger partial charge in [-0.25, -0.2) is 19.4 Å². The fourth-order valence-corrected chi connectivity index (χ4v) is 3.19. The molecule has 0 amide bonds. The summed E-state index contributed by atoms with van der Waals surface area (Å²) in [6.45, 7) is 0. The maximum Gasteiger partial charge on any atom is 0.419 e. The lowest BCUT2D eigenvalue weighted by Crippen LogP contribution is -2.20. The van der Waals surface area contributed by atoms with Crippen LogP contribution in [0.4, 0.5) is 26.3 Å². The summed E-state index contributed by atoms with van der Waals surface area (Å²) in [5.41, 5.74) is -3.82. The molecular formula is C15H8F6N4OS. The maximum atomic E-state index is 13.2. The van der Waals surface area contributed by atoms with Crippen LogP contribution in [0.3, 0.4) is 0 Å². The molecule has 0 radical (unpaired) electrons. The van der Waals surface area contributed by atoms with E-state index in [9.17, 15) is 31.1 Å². The van der Waals surface area contributed by atoms with Crippen LogP contribution in [-0.4, -0.2) is 19.7 Å². The van der Waals surface area contributed by atoms with Crippen LogP contribution >= 0.6 is 11.8 Å². The van der Waals surface area contributed by atoms with E-state index in [1.807, 2.05) is 5.10 Å². The summed E-state index contributed by atoms with van der Waals surface area (Å²) in [7, 11) is 0. The van der Waals surface area contributed by atoms with Crippen molar-refractivity contribution >= 4 is 11.8 Å². The third-order valence-electron chi connectivity index (χ3n) is 3.36. The zero-order valence-electron chi connectivity index (χ0n) is 13.0. The number of alkyl halides is 6. The van der Waals surface area contributed by atoms with Crippen LogP contribution in [0.2, 0.25) is 0 Å². The van der Waals surface area contributed by atoms with Gasteiger partial charge in [0, 0.05) is 6.20 Å². The summed E-state index contributed by atoms with van der Waals surface area (Å²) in [5, 5.41) is 4.54. The molecule has 0 aliphatic carbocycles. The molecule has 2 aromatic heterocycles. The summed E-state index contributed by atoms with van der Waals surface area (Å²) >= 11 is 0.325. The van der Waals surface area contributed by atoms with Gasteiger partial charge in [0.2, 0.25) is 5.16 Å². The van der Waals surface area contributed by atoms with Crippen molar-refractivity contribution in [2.45, 2.75) is 22.5 Å². The van der Waals surface area contributed by atoms with Crippen molar-refractivity contribution in [2.24, 2.45) is 0 Å². The molecule has 2 heterocycles. The van der Waals surface area contributed by atoms with E-state index in [4.69, 9.17) is 0 Å². The van der Waals surface area contributed by atoms with Crippen molar-refractivity contribution in [3.05, 3.63) is 64.2 Å². The minimum absolute atomic E-state index is 0.325. The Labute approximate surface area is 151 Å². The molecule has 0 unspecified atom stereocenters. The van der Waals surface area contributed by atoms with Crippen LogP contribution in [0.1, 0.15) is 11.1 Å². The number of rotatable bonds is 3. The molecule has 12 heteroatoms. The number of aromatic amines is 1. The minimum atomic E-state index is -4.78. The Balaban J connectivity index is 2.14. The quantitative estimate of drug-likeness (QED) is 0.664. The molecule has 0 bridgehead atoms. The average Bonchev–Trinajstić information content (AvgIpc) is 2.94. The Bertz CT molecular complexity index is 1020. The van der Waals surface area contributed by atoms with Crippen LogP contribution in [0.5, 0.6) is 0 Å². The van der Waals surface area contributed by atoms with Gasteiger partial charge in [-0.15, -0.1) is 5.10 Å². The van der Waals surface area contributed by atoms with Crippen molar-refractivity contribution in [3.63, 3.8) is 0 Å². The van der Waals surface area contributed by atoms with Gasteiger partial charge >= 0.3 is 18.0 Å². The Kier molecular flexibility index (Phi) is 4.76. The molecule has 142 valence electrons. The molecule has 1 N–H and O–H groups in total. The molecule has 3 rings (SSSR count). The standard InChI is InChI=1S/C15H8F6N4OS/c16-14(17,18)8-4-1-2-6-10(8)25-12(26)23-24-13(25)27-11-9(15(19,20)21)5-3-7-22-11/h1-7H,(H,23,26). The predicted molar refractivity (Wildman–Crippen MR) is 82.5 cm³/mol. The van der Waals surface area contributed by atoms with E-state index < -0.39 is 45.0 Å². The number of hydrogen-bond acceptors (Lipinski definition) is 4. The van der Waals surface area contributed by atoms with Gasteiger partial charge in [-0.05, 0) is 36.0 Å². The average molecular weight is 406 g/mol. The lowest BCUT2D eigenvalue weighted by molar-refractivity contribution is -0.140. The maximum absolute atomic E-state index is 13.2. The molecule has 0 fully saturated rings. The first kappa shape index (κ1) is 19.0. The predicted octanol–water partition coefficient (Wildman–Crippen LogP) is 4.14. The molecule has 0 saturated carbocycles. The summed E-state index contributed by atoms with van der Waals surface area (Å²) in [6, 6.07) is 6.01. The number of nitrogens with zero attached hydrogens (tertiary/aromatic N) is 3. The monoisotopic (exact) mass is 406 g/mol. The van der Waals surface area contributed by atoms with Gasteiger partial charge in [0.25, 0.3) is 0 Å². The van der Waals surface area contributed by atoms with Crippen molar-refractivity contribution in [1.29, 1.82) is 0 Å². The van der Waals surface area contributed by atoms with Gasteiger partial charge in [0.05, 0.1) is 16.8 Å². The molecule has 1 aromatic carbocycles. The topological polar surface area (TPSA) is 63.6 Å². The number of hydrogen-bond donors (Lipinski definition) is 1. The molecule has 0 saturated heterocycles. The lowest BCUT2D eigenvalue weighted by atomic mass is 10.1. The number of H-pyrrole nitrogens is 1. The summed E-state index contributed by atoms with van der Waals surface area (Å²) in [6.07, 6.45) is -8.42. The van der Waals surface area contributed by atoms with Crippen LogP contribution in [0, 0.1) is 0 Å². The molecule has 0 aliphatic heterocycles. The molecular weight excluding hydrogens is 398 g/mol. The lowest BCUT2D eigenvalue weighted by Gasteiger charge is -2.14. The van der Waals surface area contributed by atoms with Crippen LogP contribution in [0.25, 0.3) is 5.69 Å². The van der Waals surface area contributed by atoms with Crippen LogP contribution in [0.15, 0.2) is 57.6 Å². The third kappa shape index (κ3) is 3.84. The summed E-state index contributed by atoms with van der Waals surface area (Å²) < 4.78 is 79.6. The Morgan fingerprint density at radius 1 is 0.926 bits per heavy atom. The van der Waals surface area contributed by atoms with Crippen LogP contribution < -0.4 is 5.69 Å². The Morgan fingerprint density at radius 2 is 1.56 bits per heavy atom. The van der Waals surface area contributed by atoms with Gasteiger partial charge in [0.15, 0.2) is 0 Å². The van der Waals surface area contributed by atoms with Gasteiger partial charge in [-0.1, -0.05) is 12.1 Å². The minimum Gasteiger partial charge on any atom is -0.249 e. The number of pyridine rings is 1. The SMILES string of the molecule is O=c1[nH]nc(Sc2ncccc2C(F)(F)F)n1-c1ccccc1C(F)(F)F. The van der Waals surface area contributed by atoms with Gasteiger partial charge in [-0.2, -0.15) is 26.3 Å². The zero-order chi connectivity index (χ0) is 19.8. The molecule has 5 nitrogen and oxygen atoms in total. The van der Waals surface area contributed by atoms with Gasteiger partial charge in [-0.3, -0.25) is 0 Å². The van der Waals surface area contributed by atoms with Crippen molar-refractivity contribution < 1.29 is 26.3 Å². The number of benzene rings is 1. The second-order valence-electron chi connectivity index (χ2n) is 5.12. The zero-order valence-corrected chi connectivity index (χ0v) is 13.8. The first-order valence-electron chi connectivity index (χ1n) is 7.13. The third-order valence-corrected chi connectivity index (χ3v) is 4.33. The summed E-state index contributed by atoms with van der Waals surface area (Å²) in [5.74, 6) is 0. The van der Waals surface area contributed by atoms with E-state index in [1.165, 1.54) is 6.07 Å². The van der Waals surface area contributed by atoms with E-state index >= 15 is 0 Å². The fraction of sp³-hybridized carbons (Fsp3) is 0.133. The van der Waals surface area contributed by atoms with E-state index in [1.54, 1.807) is 0 Å². The first-order chi connectivity index (χ1) is 12.6. The van der Waals surface area contributed by atoms with Gasteiger partial charge < -0.3 is 0 Å². The van der Waals surface area contributed by atoms with E-state index in [0.29, 0.717) is 16.3 Å². The molecule has 0 aliphatic rings. The second-order valence-corrected chi connectivity index (χ2v) is 6.07. The highest BCUT2D eigenvalue weighted by Crippen LogP contribution is 2.39. The second kappa shape index (κ2) is 6.76. The fourth-order valence-electron chi connectivity index (χ4n) is 2.25. The van der Waals surface area contributed by atoms with E-state index in [-0.39, 0.29) is 0 Å². The molecule has 0 atom stereocenters. The highest BCUT2D eigenvalue weighted by atomic mass is 32.2. The Morgan fingerprint density at radius 3 is 2.22 bits per heavy atom. The number of nitrogens with one attached hydrogen (secondary N) is 1. The van der Waals surface area contributed by atoms with Crippen molar-refractivity contribution in [2.75, 3.05) is 0 Å². The number of halogens is 6. The normalized spacial score (nSPS) is 12.4. The highest BCUT2D eigenvalue weighted by molar-refractivity contribution is 7.99. The Hall–Kier alpha value is -2.76. The smallest absolute Gasteiger partial charge is 0.249 e. The molecule has 3 aromatic rings. The first-order valence-corrected chi connectivity index (χ1v) is 7.95. The van der Waals surface area contributed by atoms with Crippen molar-refractivity contribution in [1.82, 2.24) is 19.7 Å². The summed E-state index contributed by atoms with van der Waals surface area (Å²) in [4.78, 5) is 15.6. The van der Waals surface area contributed by atoms with E-state index in [2.05, 4.69) is 10.1 Å². The number of aromatic nitrogens is 4.